The number of hydrogen-bond acceptors (Lipinski definition) is 2. The van der Waals surface area contributed by atoms with Crippen LogP contribution in [-0.4, -0.2) is 11.1 Å². The molecule has 2 N–H and O–H groups in total. The van der Waals surface area contributed by atoms with Gasteiger partial charge in [0.15, 0.2) is 0 Å². The van der Waals surface area contributed by atoms with E-state index in [1.54, 1.807) is 6.07 Å². The predicted octanol–water partition coefficient (Wildman–Crippen LogP) is 3.23. The molecular weight excluding hydrogens is 210 g/mol. The molecule has 0 heterocycles. The summed E-state index contributed by atoms with van der Waals surface area (Å²) in [6.45, 7) is 2.16. The first kappa shape index (κ1) is 11.1. The molecule has 1 atom stereocenters. The van der Waals surface area contributed by atoms with Gasteiger partial charge in [-0.15, -0.1) is 0 Å². The Labute approximate surface area is 103 Å². The molecule has 3 rings (SSSR count). The Morgan fingerprint density at radius 1 is 1.12 bits per heavy atom. The number of phenolic OH excluding ortho intramolecular Hbond substituents is 1. The molecule has 0 amide bonds. The van der Waals surface area contributed by atoms with E-state index in [4.69, 9.17) is 0 Å². The number of hydrogen-bond donors (Lipinski definition) is 2. The highest BCUT2D eigenvalue weighted by Crippen LogP contribution is 2.45. The summed E-state index contributed by atoms with van der Waals surface area (Å²) in [7, 11) is 0. The minimum absolute atomic E-state index is 0.252. The fourth-order valence-electron chi connectivity index (χ4n) is 2.80. The first-order valence-corrected chi connectivity index (χ1v) is 6.79. The van der Waals surface area contributed by atoms with Gasteiger partial charge in [0.25, 0.3) is 0 Å². The number of aromatic hydroxyl groups is 1. The van der Waals surface area contributed by atoms with Crippen molar-refractivity contribution in [2.75, 3.05) is 0 Å². The van der Waals surface area contributed by atoms with E-state index in [-0.39, 0.29) is 6.04 Å². The quantitative estimate of drug-likeness (QED) is 0.815. The molecule has 0 saturated heterocycles. The van der Waals surface area contributed by atoms with Crippen LogP contribution in [0, 0.1) is 11.8 Å². The summed E-state index contributed by atoms with van der Waals surface area (Å²) in [6, 6.07) is 8.61. The van der Waals surface area contributed by atoms with Gasteiger partial charge in [0.05, 0.1) is 0 Å². The van der Waals surface area contributed by atoms with Crippen molar-refractivity contribution in [3.8, 4) is 5.75 Å². The maximum Gasteiger partial charge on any atom is 0.120 e. The zero-order chi connectivity index (χ0) is 11.8. The normalized spacial score (nSPS) is 21.8. The molecule has 92 valence electrons. The highest BCUT2D eigenvalue weighted by atomic mass is 16.3. The average molecular weight is 231 g/mol. The van der Waals surface area contributed by atoms with Gasteiger partial charge >= 0.3 is 0 Å². The molecule has 2 nitrogen and oxygen atoms in total. The second-order valence-corrected chi connectivity index (χ2v) is 5.65. The molecule has 0 bridgehead atoms. The highest BCUT2D eigenvalue weighted by molar-refractivity contribution is 5.34. The fraction of sp³-hybridized carbons (Fsp3) is 0.600. The summed E-state index contributed by atoms with van der Waals surface area (Å²) in [5, 5.41) is 13.6. The highest BCUT2D eigenvalue weighted by Gasteiger charge is 2.41. The van der Waals surface area contributed by atoms with Gasteiger partial charge in [0.2, 0.25) is 0 Å². The molecule has 2 fully saturated rings. The number of benzene rings is 1. The molecule has 0 aliphatic heterocycles. The topological polar surface area (TPSA) is 32.3 Å². The van der Waals surface area contributed by atoms with Crippen LogP contribution >= 0.6 is 0 Å². The Morgan fingerprint density at radius 2 is 1.71 bits per heavy atom. The van der Waals surface area contributed by atoms with Gasteiger partial charge in [0.1, 0.15) is 5.75 Å². The lowest BCUT2D eigenvalue weighted by Gasteiger charge is -2.24. The molecule has 2 saturated carbocycles. The lowest BCUT2D eigenvalue weighted by atomic mass is 10.0. The Hall–Kier alpha value is -1.02. The SMILES string of the molecule is CC(NC(C1CC1)C1CC1)c1ccccc1O. The van der Waals surface area contributed by atoms with Crippen LogP contribution in [0.25, 0.3) is 0 Å². The number of phenols is 1. The Kier molecular flexibility index (Phi) is 2.83. The molecular formula is C15H21NO. The Morgan fingerprint density at radius 3 is 2.24 bits per heavy atom. The molecule has 17 heavy (non-hydrogen) atoms. The van der Waals surface area contributed by atoms with Gasteiger partial charge < -0.3 is 10.4 Å². The first-order valence-electron chi connectivity index (χ1n) is 6.79. The standard InChI is InChI=1S/C15H21NO/c1-10(13-4-2-3-5-14(13)17)16-15(11-6-7-11)12-8-9-12/h2-5,10-12,15-17H,6-9H2,1H3. The van der Waals surface area contributed by atoms with E-state index in [2.05, 4.69) is 12.2 Å². The largest absolute Gasteiger partial charge is 0.508 e. The van der Waals surface area contributed by atoms with E-state index < -0.39 is 0 Å². The van der Waals surface area contributed by atoms with Gasteiger partial charge in [-0.25, -0.2) is 0 Å². The molecule has 1 aromatic rings. The maximum absolute atomic E-state index is 9.86. The van der Waals surface area contributed by atoms with Gasteiger partial charge in [0, 0.05) is 17.6 Å². The van der Waals surface area contributed by atoms with E-state index in [0.717, 1.165) is 17.4 Å². The second-order valence-electron chi connectivity index (χ2n) is 5.65. The third-order valence-corrected chi connectivity index (χ3v) is 4.11. The van der Waals surface area contributed by atoms with Crippen LogP contribution in [0.15, 0.2) is 24.3 Å². The lowest BCUT2D eigenvalue weighted by Crippen LogP contribution is -2.35. The summed E-state index contributed by atoms with van der Waals surface area (Å²) in [6.07, 6.45) is 5.56. The van der Waals surface area contributed by atoms with Crippen molar-refractivity contribution in [2.24, 2.45) is 11.8 Å². The minimum atomic E-state index is 0.252. The zero-order valence-electron chi connectivity index (χ0n) is 10.4. The molecule has 1 aromatic carbocycles. The van der Waals surface area contributed by atoms with Crippen LogP contribution in [-0.2, 0) is 0 Å². The van der Waals surface area contributed by atoms with Crippen molar-refractivity contribution in [2.45, 2.75) is 44.7 Å². The van der Waals surface area contributed by atoms with E-state index in [1.807, 2.05) is 18.2 Å². The van der Waals surface area contributed by atoms with Gasteiger partial charge in [-0.1, -0.05) is 18.2 Å². The van der Waals surface area contributed by atoms with E-state index in [9.17, 15) is 5.11 Å². The summed E-state index contributed by atoms with van der Waals surface area (Å²) in [5.41, 5.74) is 1.03. The summed E-state index contributed by atoms with van der Waals surface area (Å²) in [5.74, 6) is 2.21. The molecule has 0 radical (unpaired) electrons. The molecule has 1 unspecified atom stereocenters. The van der Waals surface area contributed by atoms with Crippen molar-refractivity contribution in [3.63, 3.8) is 0 Å². The Bertz CT molecular complexity index is 384. The first-order chi connectivity index (χ1) is 8.25. The monoisotopic (exact) mass is 231 g/mol. The van der Waals surface area contributed by atoms with Crippen molar-refractivity contribution < 1.29 is 5.11 Å². The van der Waals surface area contributed by atoms with Crippen LogP contribution in [0.5, 0.6) is 5.75 Å². The second kappa shape index (κ2) is 4.34. The average Bonchev–Trinajstić information content (AvgIpc) is 3.16. The summed E-state index contributed by atoms with van der Waals surface area (Å²) < 4.78 is 0. The lowest BCUT2D eigenvalue weighted by molar-refractivity contribution is 0.368. The van der Waals surface area contributed by atoms with Gasteiger partial charge in [-0.05, 0) is 50.5 Å². The maximum atomic E-state index is 9.86. The summed E-state index contributed by atoms with van der Waals surface area (Å²) in [4.78, 5) is 0. The molecule has 0 spiro atoms. The third kappa shape index (κ3) is 2.47. The minimum Gasteiger partial charge on any atom is -0.508 e. The Balaban J connectivity index is 1.69. The van der Waals surface area contributed by atoms with Crippen LogP contribution in [0.3, 0.4) is 0 Å². The zero-order valence-corrected chi connectivity index (χ0v) is 10.4. The van der Waals surface area contributed by atoms with Crippen molar-refractivity contribution in [1.29, 1.82) is 0 Å². The predicted molar refractivity (Wildman–Crippen MR) is 68.9 cm³/mol. The summed E-state index contributed by atoms with van der Waals surface area (Å²) >= 11 is 0. The van der Waals surface area contributed by atoms with Crippen molar-refractivity contribution in [3.05, 3.63) is 29.8 Å². The number of para-hydroxylation sites is 1. The van der Waals surface area contributed by atoms with E-state index in [0.29, 0.717) is 11.8 Å². The molecule has 2 heteroatoms. The van der Waals surface area contributed by atoms with E-state index in [1.165, 1.54) is 25.7 Å². The fourth-order valence-corrected chi connectivity index (χ4v) is 2.80. The molecule has 0 aromatic heterocycles. The number of rotatable bonds is 5. The molecule has 2 aliphatic carbocycles. The van der Waals surface area contributed by atoms with Gasteiger partial charge in [-0.2, -0.15) is 0 Å². The van der Waals surface area contributed by atoms with Crippen LogP contribution in [0.4, 0.5) is 0 Å². The third-order valence-electron chi connectivity index (χ3n) is 4.11. The van der Waals surface area contributed by atoms with E-state index >= 15 is 0 Å². The van der Waals surface area contributed by atoms with Crippen LogP contribution in [0.2, 0.25) is 0 Å². The van der Waals surface area contributed by atoms with Gasteiger partial charge in [-0.3, -0.25) is 0 Å². The smallest absolute Gasteiger partial charge is 0.120 e. The van der Waals surface area contributed by atoms with Crippen molar-refractivity contribution >= 4 is 0 Å². The van der Waals surface area contributed by atoms with Crippen LogP contribution < -0.4 is 5.32 Å². The number of nitrogens with one attached hydrogen (secondary N) is 1. The molecule has 2 aliphatic rings. The van der Waals surface area contributed by atoms with Crippen molar-refractivity contribution in [1.82, 2.24) is 5.32 Å². The van der Waals surface area contributed by atoms with Crippen LogP contribution in [0.1, 0.15) is 44.2 Å².